The largest absolute Gasteiger partial charge is 0.476 e. The summed E-state index contributed by atoms with van der Waals surface area (Å²) in [6.45, 7) is 8.62. The van der Waals surface area contributed by atoms with Gasteiger partial charge in [0.05, 0.1) is 12.6 Å². The average molecular weight is 452 g/mol. The molecule has 9 heteroatoms. The molecule has 1 aromatic carbocycles. The van der Waals surface area contributed by atoms with Gasteiger partial charge in [0, 0.05) is 12.5 Å². The van der Waals surface area contributed by atoms with Crippen molar-refractivity contribution < 1.29 is 22.3 Å². The molecule has 3 rings (SSSR count). The highest BCUT2D eigenvalue weighted by Crippen LogP contribution is 2.30. The number of benzene rings is 1. The Morgan fingerprint density at radius 3 is 2.39 bits per heavy atom. The summed E-state index contributed by atoms with van der Waals surface area (Å²) in [6.07, 6.45) is -0.0631. The lowest BCUT2D eigenvalue weighted by molar-refractivity contribution is -0.116. The molecule has 0 amide bonds. The van der Waals surface area contributed by atoms with Crippen LogP contribution >= 0.6 is 0 Å². The van der Waals surface area contributed by atoms with Gasteiger partial charge in [-0.15, -0.1) is 0 Å². The minimum atomic E-state index is -3.93. The molecule has 7 nitrogen and oxygen atoms in total. The zero-order valence-corrected chi connectivity index (χ0v) is 19.4. The van der Waals surface area contributed by atoms with E-state index < -0.39 is 21.4 Å². The normalized spacial score (nSPS) is 16.5. The molecule has 1 atom stereocenters. The van der Waals surface area contributed by atoms with Crippen molar-refractivity contribution in [2.24, 2.45) is 0 Å². The number of halogens is 1. The maximum absolute atomic E-state index is 14.1. The van der Waals surface area contributed by atoms with Crippen LogP contribution in [0.3, 0.4) is 0 Å². The second-order valence-electron chi connectivity index (χ2n) is 8.65. The summed E-state index contributed by atoms with van der Waals surface area (Å²) >= 11 is 0. The third-order valence-electron chi connectivity index (χ3n) is 5.53. The number of sulfone groups is 1. The van der Waals surface area contributed by atoms with Gasteiger partial charge in [-0.1, -0.05) is 27.7 Å². The number of carbonyl (C=O) groups excluding carboxylic acids is 1. The maximum atomic E-state index is 14.1. The van der Waals surface area contributed by atoms with Gasteiger partial charge in [0.1, 0.15) is 18.2 Å². The van der Waals surface area contributed by atoms with E-state index in [2.05, 4.69) is 10.4 Å². The Hall–Kier alpha value is -2.26. The molecule has 1 N–H and O–H groups in total. The summed E-state index contributed by atoms with van der Waals surface area (Å²) in [7, 11) is -2.13. The van der Waals surface area contributed by atoms with Crippen LogP contribution in [0.2, 0.25) is 0 Å². The number of Topliss-reactive ketones (excluding diaryl/α,β-unsaturated/α-hetero) is 1. The summed E-state index contributed by atoms with van der Waals surface area (Å²) in [5.41, 5.74) is 2.19. The lowest BCUT2D eigenvalue weighted by atomic mass is 9.86. The van der Waals surface area contributed by atoms with Crippen LogP contribution in [0.4, 0.5) is 4.39 Å². The predicted octanol–water partition coefficient (Wildman–Crippen LogP) is 2.83. The van der Waals surface area contributed by atoms with Crippen LogP contribution in [0, 0.1) is 5.82 Å². The van der Waals surface area contributed by atoms with Gasteiger partial charge in [-0.3, -0.25) is 4.79 Å². The smallest absolute Gasteiger partial charge is 0.213 e. The summed E-state index contributed by atoms with van der Waals surface area (Å²) in [6, 6.07) is 4.28. The molecule has 0 spiro atoms. The number of aromatic nitrogens is 2. The summed E-state index contributed by atoms with van der Waals surface area (Å²) in [4.78, 5) is 12.8. The Morgan fingerprint density at radius 2 is 1.84 bits per heavy atom. The second-order valence-corrected chi connectivity index (χ2v) is 10.6. The van der Waals surface area contributed by atoms with Gasteiger partial charge < -0.3 is 10.1 Å². The quantitative estimate of drug-likeness (QED) is 0.664. The average Bonchev–Trinajstić information content (AvgIpc) is 3.12. The Labute approximate surface area is 182 Å². The molecule has 0 fully saturated rings. The van der Waals surface area contributed by atoms with Crippen LogP contribution in [0.15, 0.2) is 23.2 Å². The molecule has 2 aromatic rings. The molecule has 0 radical (unpaired) electrons. The second kappa shape index (κ2) is 9.08. The molecule has 0 saturated heterocycles. The highest BCUT2D eigenvalue weighted by Gasteiger charge is 2.28. The molecular weight excluding hydrogens is 421 g/mol. The van der Waals surface area contributed by atoms with E-state index in [0.717, 1.165) is 16.7 Å². The van der Waals surface area contributed by atoms with Crippen LogP contribution < -0.4 is 10.1 Å². The van der Waals surface area contributed by atoms with E-state index in [4.69, 9.17) is 4.74 Å². The lowest BCUT2D eigenvalue weighted by Crippen LogP contribution is -2.39. The molecule has 0 saturated carbocycles. The molecular formula is C22H30FN3O4S. The fourth-order valence-electron chi connectivity index (χ4n) is 3.85. The van der Waals surface area contributed by atoms with Crippen molar-refractivity contribution in [1.29, 1.82) is 0 Å². The van der Waals surface area contributed by atoms with Gasteiger partial charge in [-0.05, 0) is 47.7 Å². The summed E-state index contributed by atoms with van der Waals surface area (Å²) < 4.78 is 46.9. The molecule has 31 heavy (non-hydrogen) atoms. The molecule has 0 aliphatic carbocycles. The van der Waals surface area contributed by atoms with Crippen molar-refractivity contribution in [1.82, 2.24) is 15.1 Å². The summed E-state index contributed by atoms with van der Waals surface area (Å²) in [5.74, 6) is -1.07. The van der Waals surface area contributed by atoms with Crippen molar-refractivity contribution in [2.75, 3.05) is 19.4 Å². The number of hydrogen-bond acceptors (Lipinski definition) is 6. The Balaban J connectivity index is 1.84. The Morgan fingerprint density at radius 1 is 1.23 bits per heavy atom. The molecule has 1 aliphatic rings. The highest BCUT2D eigenvalue weighted by molar-refractivity contribution is 7.92. The van der Waals surface area contributed by atoms with E-state index in [0.29, 0.717) is 19.0 Å². The van der Waals surface area contributed by atoms with Gasteiger partial charge in [0.25, 0.3) is 0 Å². The molecule has 170 valence electrons. The molecule has 2 heterocycles. The Kier molecular flexibility index (Phi) is 6.85. The first-order chi connectivity index (χ1) is 14.5. The van der Waals surface area contributed by atoms with Gasteiger partial charge in [-0.2, -0.15) is 5.10 Å². The van der Waals surface area contributed by atoms with Crippen LogP contribution in [0.1, 0.15) is 56.2 Å². The monoisotopic (exact) mass is 451 g/mol. The minimum absolute atomic E-state index is 0.00439. The third-order valence-corrected chi connectivity index (χ3v) is 7.06. The minimum Gasteiger partial charge on any atom is -0.476 e. The van der Waals surface area contributed by atoms with E-state index in [-0.39, 0.29) is 35.1 Å². The number of ketones is 1. The number of likely N-dealkylation sites (N-methyl/N-ethyl adjacent to an activating group) is 1. The molecule has 1 aromatic heterocycles. The first-order valence-electron chi connectivity index (χ1n) is 10.5. The third kappa shape index (κ3) is 5.15. The first-order valence-corrected chi connectivity index (χ1v) is 12.1. The molecule has 1 unspecified atom stereocenters. The van der Waals surface area contributed by atoms with E-state index in [1.54, 1.807) is 7.05 Å². The fourth-order valence-corrected chi connectivity index (χ4v) is 5.02. The molecule has 0 bridgehead atoms. The zero-order chi connectivity index (χ0) is 22.9. The number of nitrogens with zero attached hydrogens (tertiary/aromatic N) is 2. The standard InChI is InChI=1S/C22H30FN3O4S/c1-13(2)18-6-15(23)7-19(14(3)4)20(18)8-17(27)12-31(28,29)21-9-22-26(25-21)10-16(24-5)11-30-22/h6-7,9,13-14,16,24H,8,10-12H2,1-5H3. The number of rotatable bonds is 8. The van der Waals surface area contributed by atoms with E-state index in [1.165, 1.54) is 22.9 Å². The summed E-state index contributed by atoms with van der Waals surface area (Å²) in [5, 5.41) is 7.05. The van der Waals surface area contributed by atoms with Crippen molar-refractivity contribution in [3.8, 4) is 5.88 Å². The van der Waals surface area contributed by atoms with Crippen molar-refractivity contribution in [2.45, 2.75) is 63.6 Å². The first kappa shape index (κ1) is 23.4. The van der Waals surface area contributed by atoms with Crippen LogP contribution in [-0.4, -0.2) is 49.4 Å². The van der Waals surface area contributed by atoms with E-state index in [9.17, 15) is 17.6 Å². The fraction of sp³-hybridized carbons (Fsp3) is 0.545. The number of carbonyl (C=O) groups is 1. The number of hydrogen-bond donors (Lipinski definition) is 1. The van der Waals surface area contributed by atoms with Gasteiger partial charge in [-0.25, -0.2) is 17.5 Å². The van der Waals surface area contributed by atoms with Gasteiger partial charge in [0.2, 0.25) is 15.7 Å². The van der Waals surface area contributed by atoms with Gasteiger partial charge in [0.15, 0.2) is 10.8 Å². The van der Waals surface area contributed by atoms with Crippen molar-refractivity contribution in [3.63, 3.8) is 0 Å². The Bertz CT molecular complexity index is 1050. The maximum Gasteiger partial charge on any atom is 0.213 e. The van der Waals surface area contributed by atoms with Gasteiger partial charge >= 0.3 is 0 Å². The zero-order valence-electron chi connectivity index (χ0n) is 18.6. The van der Waals surface area contributed by atoms with Crippen molar-refractivity contribution >= 4 is 15.6 Å². The topological polar surface area (TPSA) is 90.3 Å². The van der Waals surface area contributed by atoms with E-state index >= 15 is 0 Å². The van der Waals surface area contributed by atoms with E-state index in [1.807, 2.05) is 27.7 Å². The SMILES string of the molecule is CNC1COc2cc(S(=O)(=O)CC(=O)Cc3c(C(C)C)cc(F)cc3C(C)C)nn2C1. The predicted molar refractivity (Wildman–Crippen MR) is 116 cm³/mol. The van der Waals surface area contributed by atoms with Crippen LogP contribution in [0.5, 0.6) is 5.88 Å². The highest BCUT2D eigenvalue weighted by atomic mass is 32.2. The lowest BCUT2D eigenvalue weighted by Gasteiger charge is -2.23. The number of nitrogens with one attached hydrogen (secondary N) is 1. The number of fused-ring (bicyclic) bond motifs is 1. The molecule has 1 aliphatic heterocycles. The van der Waals surface area contributed by atoms with Crippen molar-refractivity contribution in [3.05, 3.63) is 40.7 Å². The van der Waals surface area contributed by atoms with Crippen LogP contribution in [-0.2, 0) is 27.6 Å². The van der Waals surface area contributed by atoms with Crippen LogP contribution in [0.25, 0.3) is 0 Å². The number of ether oxygens (including phenoxy) is 1.